The van der Waals surface area contributed by atoms with Crippen molar-refractivity contribution in [3.05, 3.63) is 71.8 Å². The third-order valence-electron chi connectivity index (χ3n) is 3.39. The normalized spacial score (nSPS) is 13.1. The van der Waals surface area contributed by atoms with Gasteiger partial charge in [0.2, 0.25) is 0 Å². The number of alkyl halides is 1. The average Bonchev–Trinajstić information content (AvgIpc) is 2.54. The van der Waals surface area contributed by atoms with Crippen LogP contribution in [0.4, 0.5) is 0 Å². The molecule has 0 N–H and O–H groups in total. The van der Waals surface area contributed by atoms with E-state index in [0.29, 0.717) is 6.42 Å². The first-order valence-corrected chi connectivity index (χ1v) is 7.23. The third-order valence-corrected chi connectivity index (χ3v) is 3.82. The molecule has 0 saturated carbocycles. The summed E-state index contributed by atoms with van der Waals surface area (Å²) in [5.41, 5.74) is 1.96. The van der Waals surface area contributed by atoms with Gasteiger partial charge in [0.15, 0.2) is 10.7 Å². The van der Waals surface area contributed by atoms with Gasteiger partial charge in [-0.3, -0.25) is 4.79 Å². The molecule has 0 amide bonds. The average molecular weight is 298 g/mol. The number of ketones is 1. The highest BCUT2D eigenvalue weighted by Crippen LogP contribution is 2.24. The number of hydrogen-bond acceptors (Lipinski definition) is 2. The van der Waals surface area contributed by atoms with Crippen molar-refractivity contribution in [1.82, 2.24) is 0 Å². The number of nitriles is 1. The molecule has 0 aromatic heterocycles. The van der Waals surface area contributed by atoms with Crippen LogP contribution in [0.15, 0.2) is 60.7 Å². The number of halogens is 1. The lowest BCUT2D eigenvalue weighted by atomic mass is 9.92. The summed E-state index contributed by atoms with van der Waals surface area (Å²) in [6.07, 6.45) is 1.11. The van der Waals surface area contributed by atoms with Crippen LogP contribution in [-0.4, -0.2) is 10.7 Å². The molecule has 2 aromatic rings. The van der Waals surface area contributed by atoms with Crippen molar-refractivity contribution < 1.29 is 4.79 Å². The van der Waals surface area contributed by atoms with E-state index < -0.39 is 4.87 Å². The van der Waals surface area contributed by atoms with Gasteiger partial charge in [-0.05, 0) is 17.5 Å². The van der Waals surface area contributed by atoms with Crippen LogP contribution in [0, 0.1) is 11.3 Å². The van der Waals surface area contributed by atoms with Crippen LogP contribution >= 0.6 is 11.6 Å². The number of benzene rings is 2. The quantitative estimate of drug-likeness (QED) is 0.758. The van der Waals surface area contributed by atoms with Crippen LogP contribution in [0.3, 0.4) is 0 Å². The Bertz CT molecular complexity index is 633. The van der Waals surface area contributed by atoms with Crippen LogP contribution in [0.1, 0.15) is 17.5 Å². The van der Waals surface area contributed by atoms with Gasteiger partial charge >= 0.3 is 0 Å². The SMILES string of the molecule is N#CC(Cl)(Cc1ccccc1)C(=O)CCc1ccccc1. The zero-order valence-corrected chi connectivity index (χ0v) is 12.4. The van der Waals surface area contributed by atoms with Crippen LogP contribution in [-0.2, 0) is 17.6 Å². The Labute approximate surface area is 130 Å². The molecule has 2 rings (SSSR count). The van der Waals surface area contributed by atoms with Crippen LogP contribution in [0.5, 0.6) is 0 Å². The lowest BCUT2D eigenvalue weighted by molar-refractivity contribution is -0.120. The zero-order chi connectivity index (χ0) is 15.1. The largest absolute Gasteiger partial charge is 0.296 e. The maximum absolute atomic E-state index is 12.3. The molecule has 0 aliphatic heterocycles. The minimum absolute atomic E-state index is 0.223. The van der Waals surface area contributed by atoms with E-state index in [4.69, 9.17) is 11.6 Å². The van der Waals surface area contributed by atoms with E-state index in [0.717, 1.165) is 11.1 Å². The molecule has 0 fully saturated rings. The summed E-state index contributed by atoms with van der Waals surface area (Å²) in [7, 11) is 0. The topological polar surface area (TPSA) is 40.9 Å². The lowest BCUT2D eigenvalue weighted by Gasteiger charge is -2.17. The van der Waals surface area contributed by atoms with Gasteiger partial charge in [-0.2, -0.15) is 5.26 Å². The number of carbonyl (C=O) groups excluding carboxylic acids is 1. The molecule has 0 heterocycles. The molecule has 0 radical (unpaired) electrons. The Morgan fingerprint density at radius 3 is 2.05 bits per heavy atom. The van der Waals surface area contributed by atoms with E-state index in [1.807, 2.05) is 66.7 Å². The number of Topliss-reactive ketones (excluding diaryl/α,β-unsaturated/α-hetero) is 1. The number of carbonyl (C=O) groups is 1. The summed E-state index contributed by atoms with van der Waals surface area (Å²) in [6.45, 7) is 0. The molecule has 0 saturated heterocycles. The van der Waals surface area contributed by atoms with Gasteiger partial charge in [0.1, 0.15) is 0 Å². The van der Waals surface area contributed by atoms with Crippen LogP contribution < -0.4 is 0 Å². The maximum atomic E-state index is 12.3. The molecule has 106 valence electrons. The highest BCUT2D eigenvalue weighted by Gasteiger charge is 2.35. The Kier molecular flexibility index (Phi) is 5.14. The summed E-state index contributed by atoms with van der Waals surface area (Å²) in [5, 5.41) is 9.31. The Morgan fingerprint density at radius 2 is 1.52 bits per heavy atom. The number of hydrogen-bond donors (Lipinski definition) is 0. The molecule has 0 spiro atoms. The van der Waals surface area contributed by atoms with E-state index in [1.165, 1.54) is 0 Å². The third kappa shape index (κ3) is 4.18. The highest BCUT2D eigenvalue weighted by molar-refractivity contribution is 6.37. The van der Waals surface area contributed by atoms with Gasteiger partial charge < -0.3 is 0 Å². The first-order valence-electron chi connectivity index (χ1n) is 6.85. The summed E-state index contributed by atoms with van der Waals surface area (Å²) in [6, 6.07) is 21.1. The first-order chi connectivity index (χ1) is 10.1. The monoisotopic (exact) mass is 297 g/mol. The van der Waals surface area contributed by atoms with Crippen molar-refractivity contribution >= 4 is 17.4 Å². The van der Waals surface area contributed by atoms with Gasteiger partial charge in [0, 0.05) is 12.8 Å². The lowest BCUT2D eigenvalue weighted by Crippen LogP contribution is -2.33. The summed E-state index contributed by atoms with van der Waals surface area (Å²) >= 11 is 6.26. The van der Waals surface area contributed by atoms with Gasteiger partial charge in [-0.25, -0.2) is 0 Å². The molecule has 0 aliphatic carbocycles. The van der Waals surface area contributed by atoms with E-state index >= 15 is 0 Å². The Morgan fingerprint density at radius 1 is 1.00 bits per heavy atom. The zero-order valence-electron chi connectivity index (χ0n) is 11.6. The number of rotatable bonds is 6. The van der Waals surface area contributed by atoms with Crippen molar-refractivity contribution in [3.8, 4) is 6.07 Å². The van der Waals surface area contributed by atoms with Gasteiger partial charge in [-0.15, -0.1) is 0 Å². The Hall–Kier alpha value is -2.11. The fourth-order valence-corrected chi connectivity index (χ4v) is 2.43. The predicted molar refractivity (Wildman–Crippen MR) is 84.1 cm³/mol. The van der Waals surface area contributed by atoms with Gasteiger partial charge in [-0.1, -0.05) is 72.3 Å². The summed E-state index contributed by atoms with van der Waals surface area (Å²) < 4.78 is 0. The van der Waals surface area contributed by atoms with E-state index in [1.54, 1.807) is 0 Å². The second kappa shape index (κ2) is 7.06. The minimum atomic E-state index is -1.48. The molecule has 0 bridgehead atoms. The first kappa shape index (κ1) is 15.3. The molecule has 2 nitrogen and oxygen atoms in total. The Balaban J connectivity index is 2.02. The molecule has 3 heteroatoms. The molecule has 0 aliphatic rings. The molecule has 2 aromatic carbocycles. The van der Waals surface area contributed by atoms with Gasteiger partial charge in [0.25, 0.3) is 0 Å². The van der Waals surface area contributed by atoms with Crippen molar-refractivity contribution in [2.45, 2.75) is 24.1 Å². The summed E-state index contributed by atoms with van der Waals surface area (Å²) in [5.74, 6) is -0.223. The number of nitrogens with zero attached hydrogens (tertiary/aromatic N) is 1. The van der Waals surface area contributed by atoms with Gasteiger partial charge in [0.05, 0.1) is 6.07 Å². The summed E-state index contributed by atoms with van der Waals surface area (Å²) in [4.78, 5) is 10.8. The second-order valence-electron chi connectivity index (χ2n) is 4.98. The van der Waals surface area contributed by atoms with E-state index in [9.17, 15) is 10.1 Å². The number of aryl methyl sites for hydroxylation is 1. The van der Waals surface area contributed by atoms with Crippen LogP contribution in [0.25, 0.3) is 0 Å². The molecular formula is C18H16ClNO. The molecule has 1 unspecified atom stereocenters. The standard InChI is InChI=1S/C18H16ClNO/c19-18(14-20,13-16-9-5-2-6-10-16)17(21)12-11-15-7-3-1-4-8-15/h1-10H,11-13H2. The molecular weight excluding hydrogens is 282 g/mol. The van der Waals surface area contributed by atoms with Crippen LogP contribution in [0.2, 0.25) is 0 Å². The van der Waals surface area contributed by atoms with Crippen molar-refractivity contribution in [1.29, 1.82) is 5.26 Å². The maximum Gasteiger partial charge on any atom is 0.192 e. The smallest absolute Gasteiger partial charge is 0.192 e. The predicted octanol–water partition coefficient (Wildman–Crippen LogP) is 3.93. The van der Waals surface area contributed by atoms with Crippen molar-refractivity contribution in [2.24, 2.45) is 0 Å². The van der Waals surface area contributed by atoms with E-state index in [2.05, 4.69) is 0 Å². The highest BCUT2D eigenvalue weighted by atomic mass is 35.5. The van der Waals surface area contributed by atoms with E-state index in [-0.39, 0.29) is 18.6 Å². The minimum Gasteiger partial charge on any atom is -0.296 e. The van der Waals surface area contributed by atoms with Crippen molar-refractivity contribution in [3.63, 3.8) is 0 Å². The van der Waals surface area contributed by atoms with Crippen molar-refractivity contribution in [2.75, 3.05) is 0 Å². The second-order valence-corrected chi connectivity index (χ2v) is 5.63. The molecule has 21 heavy (non-hydrogen) atoms. The molecule has 1 atom stereocenters. The fraction of sp³-hybridized carbons (Fsp3) is 0.222. The fourth-order valence-electron chi connectivity index (χ4n) is 2.18.